The molecule has 1 heterocycles. The fraction of sp³-hybridized carbons (Fsp3) is 0.467. The Balaban J connectivity index is 1.78. The van der Waals surface area contributed by atoms with Crippen LogP contribution >= 0.6 is 0 Å². The molecular formula is C30H38N2O4. The summed E-state index contributed by atoms with van der Waals surface area (Å²) in [6.45, 7) is 8.27. The predicted octanol–water partition coefficient (Wildman–Crippen LogP) is 6.57. The molecule has 36 heavy (non-hydrogen) atoms. The highest BCUT2D eigenvalue weighted by atomic mass is 16.5. The van der Waals surface area contributed by atoms with Crippen molar-refractivity contribution in [1.29, 1.82) is 0 Å². The van der Waals surface area contributed by atoms with Crippen LogP contribution in [0.3, 0.4) is 0 Å². The third kappa shape index (κ3) is 5.98. The molecule has 6 nitrogen and oxygen atoms in total. The minimum Gasteiger partial charge on any atom is -0.456 e. The van der Waals surface area contributed by atoms with Crippen LogP contribution in [0, 0.1) is 12.8 Å². The lowest BCUT2D eigenvalue weighted by molar-refractivity contribution is -0.157. The molecule has 4 rings (SSSR count). The molecule has 2 N–H and O–H groups in total. The first-order chi connectivity index (χ1) is 17.4. The largest absolute Gasteiger partial charge is 0.456 e. The van der Waals surface area contributed by atoms with Crippen LogP contribution in [0.1, 0.15) is 76.5 Å². The van der Waals surface area contributed by atoms with Crippen molar-refractivity contribution in [2.24, 2.45) is 5.92 Å². The summed E-state index contributed by atoms with van der Waals surface area (Å²) in [7, 11) is 0. The Morgan fingerprint density at radius 1 is 1.03 bits per heavy atom. The second-order valence-electron chi connectivity index (χ2n) is 10.2. The molecular weight excluding hydrogens is 452 g/mol. The number of rotatable bonds is 9. The van der Waals surface area contributed by atoms with Crippen molar-refractivity contribution in [2.45, 2.75) is 84.4 Å². The number of para-hydroxylation sites is 1. The number of benzene rings is 2. The van der Waals surface area contributed by atoms with Crippen LogP contribution in [-0.2, 0) is 9.53 Å². The summed E-state index contributed by atoms with van der Waals surface area (Å²) in [6, 6.07) is 15.1. The first-order valence-electron chi connectivity index (χ1n) is 13.2. The summed E-state index contributed by atoms with van der Waals surface area (Å²) in [6.07, 6.45) is 5.39. The molecule has 0 saturated heterocycles. The SMILES string of the molecule is CCC(NC(C)C)C(OC(=O)C1CCCCC1)c1ccc(Oc2ccccc2C)c2[nH]c(=O)ccc12. The van der Waals surface area contributed by atoms with E-state index in [1.165, 1.54) is 12.5 Å². The minimum absolute atomic E-state index is 0.0486. The summed E-state index contributed by atoms with van der Waals surface area (Å²) in [5.74, 6) is 1.11. The van der Waals surface area contributed by atoms with E-state index in [1.807, 2.05) is 43.3 Å². The molecule has 0 aliphatic heterocycles. The number of ether oxygens (including phenoxy) is 2. The highest BCUT2D eigenvalue weighted by Crippen LogP contribution is 2.37. The molecule has 1 saturated carbocycles. The second-order valence-corrected chi connectivity index (χ2v) is 10.2. The summed E-state index contributed by atoms with van der Waals surface area (Å²) in [5, 5.41) is 4.41. The number of hydrogen-bond donors (Lipinski definition) is 2. The van der Waals surface area contributed by atoms with E-state index in [1.54, 1.807) is 6.07 Å². The van der Waals surface area contributed by atoms with Gasteiger partial charge in [-0.3, -0.25) is 9.59 Å². The number of hydrogen-bond acceptors (Lipinski definition) is 5. The van der Waals surface area contributed by atoms with Gasteiger partial charge >= 0.3 is 5.97 Å². The molecule has 1 aliphatic rings. The van der Waals surface area contributed by atoms with E-state index in [9.17, 15) is 9.59 Å². The van der Waals surface area contributed by atoms with E-state index in [0.717, 1.165) is 54.4 Å². The number of aromatic nitrogens is 1. The number of H-pyrrole nitrogens is 1. The number of aromatic amines is 1. The van der Waals surface area contributed by atoms with Gasteiger partial charge < -0.3 is 19.8 Å². The maximum Gasteiger partial charge on any atom is 0.309 e. The van der Waals surface area contributed by atoms with Gasteiger partial charge in [0.1, 0.15) is 11.9 Å². The Hall–Kier alpha value is -3.12. The molecule has 1 aliphatic carbocycles. The van der Waals surface area contributed by atoms with Crippen molar-refractivity contribution in [3.63, 3.8) is 0 Å². The van der Waals surface area contributed by atoms with E-state index >= 15 is 0 Å². The van der Waals surface area contributed by atoms with Gasteiger partial charge in [0.25, 0.3) is 0 Å². The van der Waals surface area contributed by atoms with Crippen LogP contribution < -0.4 is 15.6 Å². The highest BCUT2D eigenvalue weighted by molar-refractivity contribution is 5.88. The average molecular weight is 491 g/mol. The summed E-state index contributed by atoms with van der Waals surface area (Å²) in [4.78, 5) is 28.6. The third-order valence-electron chi connectivity index (χ3n) is 7.04. The first-order valence-corrected chi connectivity index (χ1v) is 13.2. The van der Waals surface area contributed by atoms with Crippen molar-refractivity contribution in [1.82, 2.24) is 10.3 Å². The van der Waals surface area contributed by atoms with Crippen molar-refractivity contribution in [3.8, 4) is 11.5 Å². The number of carbonyl (C=O) groups is 1. The van der Waals surface area contributed by atoms with Crippen molar-refractivity contribution < 1.29 is 14.3 Å². The van der Waals surface area contributed by atoms with Crippen LogP contribution in [-0.4, -0.2) is 23.0 Å². The number of esters is 1. The smallest absolute Gasteiger partial charge is 0.309 e. The van der Waals surface area contributed by atoms with Gasteiger partial charge in [0.15, 0.2) is 5.75 Å². The molecule has 1 fully saturated rings. The van der Waals surface area contributed by atoms with Crippen LogP contribution in [0.15, 0.2) is 53.3 Å². The normalized spacial score (nSPS) is 16.1. The summed E-state index contributed by atoms with van der Waals surface area (Å²) >= 11 is 0. The minimum atomic E-state index is -0.493. The fourth-order valence-corrected chi connectivity index (χ4v) is 5.14. The van der Waals surface area contributed by atoms with Gasteiger partial charge in [-0.2, -0.15) is 0 Å². The van der Waals surface area contributed by atoms with Gasteiger partial charge in [0, 0.05) is 29.1 Å². The number of carbonyl (C=O) groups excluding carboxylic acids is 1. The van der Waals surface area contributed by atoms with Gasteiger partial charge in [-0.15, -0.1) is 0 Å². The van der Waals surface area contributed by atoms with E-state index in [4.69, 9.17) is 9.47 Å². The van der Waals surface area contributed by atoms with Crippen LogP contribution in [0.4, 0.5) is 0 Å². The Morgan fingerprint density at radius 3 is 2.47 bits per heavy atom. The second kappa shape index (κ2) is 11.7. The van der Waals surface area contributed by atoms with Crippen molar-refractivity contribution in [2.75, 3.05) is 0 Å². The monoisotopic (exact) mass is 490 g/mol. The molecule has 6 heteroatoms. The van der Waals surface area contributed by atoms with Crippen LogP contribution in [0.2, 0.25) is 0 Å². The summed E-state index contributed by atoms with van der Waals surface area (Å²) < 4.78 is 12.6. The maximum atomic E-state index is 13.3. The lowest BCUT2D eigenvalue weighted by Gasteiger charge is -2.32. The zero-order valence-corrected chi connectivity index (χ0v) is 21.8. The van der Waals surface area contributed by atoms with Crippen LogP contribution in [0.5, 0.6) is 11.5 Å². The molecule has 2 unspecified atom stereocenters. The molecule has 0 radical (unpaired) electrons. The molecule has 2 atom stereocenters. The average Bonchev–Trinajstić information content (AvgIpc) is 2.88. The zero-order chi connectivity index (χ0) is 25.7. The quantitative estimate of drug-likeness (QED) is 0.332. The molecule has 192 valence electrons. The lowest BCUT2D eigenvalue weighted by atomic mass is 9.89. The molecule has 1 aromatic heterocycles. The highest BCUT2D eigenvalue weighted by Gasteiger charge is 2.32. The topological polar surface area (TPSA) is 80.4 Å². The third-order valence-corrected chi connectivity index (χ3v) is 7.04. The standard InChI is InChI=1S/C30H38N2O4/c1-5-24(31-19(2)3)29(36-30(34)21-12-7-6-8-13-21)23-15-17-26(28-22(23)16-18-27(33)32-28)35-25-14-10-9-11-20(25)4/h9-11,14-19,21,24,29,31H,5-8,12-13H2,1-4H3,(H,32,33). The number of fused-ring (bicyclic) bond motifs is 1. The number of nitrogens with one attached hydrogen (secondary N) is 2. The molecule has 0 bridgehead atoms. The molecule has 0 spiro atoms. The Bertz CT molecular complexity index is 1240. The molecule has 3 aromatic rings. The van der Waals surface area contributed by atoms with E-state index in [-0.39, 0.29) is 29.5 Å². The summed E-state index contributed by atoms with van der Waals surface area (Å²) in [5.41, 5.74) is 2.25. The zero-order valence-electron chi connectivity index (χ0n) is 21.8. The van der Waals surface area contributed by atoms with E-state index in [2.05, 4.69) is 31.1 Å². The Morgan fingerprint density at radius 2 is 1.78 bits per heavy atom. The fourth-order valence-electron chi connectivity index (χ4n) is 5.14. The van der Waals surface area contributed by atoms with Crippen molar-refractivity contribution >= 4 is 16.9 Å². The van der Waals surface area contributed by atoms with E-state index in [0.29, 0.717) is 11.3 Å². The molecule has 2 aromatic carbocycles. The number of aryl methyl sites for hydroxylation is 1. The first kappa shape index (κ1) is 26.0. The van der Waals surface area contributed by atoms with Gasteiger partial charge in [0.2, 0.25) is 5.56 Å². The van der Waals surface area contributed by atoms with Gasteiger partial charge in [0.05, 0.1) is 11.4 Å². The lowest BCUT2D eigenvalue weighted by Crippen LogP contribution is -2.41. The molecule has 0 amide bonds. The Kier molecular flexibility index (Phi) is 8.47. The number of pyridine rings is 1. The van der Waals surface area contributed by atoms with Gasteiger partial charge in [-0.25, -0.2) is 0 Å². The Labute approximate surface area is 213 Å². The predicted molar refractivity (Wildman–Crippen MR) is 144 cm³/mol. The van der Waals surface area contributed by atoms with Gasteiger partial charge in [-0.1, -0.05) is 64.3 Å². The van der Waals surface area contributed by atoms with Crippen molar-refractivity contribution in [3.05, 3.63) is 70.0 Å². The van der Waals surface area contributed by atoms with Gasteiger partial charge in [-0.05, 0) is 49.9 Å². The van der Waals surface area contributed by atoms with Crippen LogP contribution in [0.25, 0.3) is 10.9 Å². The van der Waals surface area contributed by atoms with E-state index < -0.39 is 6.10 Å². The maximum absolute atomic E-state index is 13.3.